The molecule has 0 aromatic heterocycles. The van der Waals surface area contributed by atoms with Crippen LogP contribution in [0.15, 0.2) is 42.5 Å². The van der Waals surface area contributed by atoms with E-state index < -0.39 is 22.0 Å². The van der Waals surface area contributed by atoms with Gasteiger partial charge in [0, 0.05) is 0 Å². The Bertz CT molecular complexity index is 975. The fourth-order valence-corrected chi connectivity index (χ4v) is 4.25. The number of nitrogens with one attached hydrogen (secondary N) is 1. The molecule has 9 heteroatoms. The van der Waals surface area contributed by atoms with E-state index in [1.807, 2.05) is 13.0 Å². The first kappa shape index (κ1) is 23.3. The molecule has 0 bridgehead atoms. The van der Waals surface area contributed by atoms with Crippen LogP contribution < -0.4 is 23.8 Å². The van der Waals surface area contributed by atoms with Crippen LogP contribution in [0.4, 0.5) is 5.69 Å². The molecule has 2 aromatic rings. The van der Waals surface area contributed by atoms with Crippen molar-refractivity contribution in [2.45, 2.75) is 25.9 Å². The molecule has 164 valence electrons. The topological polar surface area (TPSA) is 94.2 Å². The molecule has 8 nitrogen and oxygen atoms in total. The second-order valence-electron chi connectivity index (χ2n) is 6.78. The molecule has 0 aliphatic rings. The van der Waals surface area contributed by atoms with Gasteiger partial charge in [-0.15, -0.1) is 0 Å². The maximum Gasteiger partial charge on any atom is 0.244 e. The number of nitrogens with zero attached hydrogens (tertiary/aromatic N) is 1. The van der Waals surface area contributed by atoms with Gasteiger partial charge in [-0.25, -0.2) is 8.42 Å². The number of sulfonamides is 1. The number of carbonyl (C=O) groups excluding carboxylic acids is 1. The maximum absolute atomic E-state index is 12.9. The third-order valence-corrected chi connectivity index (χ3v) is 5.92. The van der Waals surface area contributed by atoms with Crippen molar-refractivity contribution < 1.29 is 27.4 Å². The summed E-state index contributed by atoms with van der Waals surface area (Å²) < 4.78 is 41.6. The molecule has 0 saturated heterocycles. The van der Waals surface area contributed by atoms with Crippen LogP contribution in [0.1, 0.15) is 25.5 Å². The molecule has 2 aromatic carbocycles. The molecule has 0 saturated carbocycles. The molecule has 0 radical (unpaired) electrons. The summed E-state index contributed by atoms with van der Waals surface area (Å²) in [5.74, 6) is 1.28. The lowest BCUT2D eigenvalue weighted by atomic mass is 10.1. The standard InChI is InChI=1S/C21H28N2O6S/c1-14(16-7-12-19(28-4)20(13-16)29-5)22-21(24)15(2)23(30(6,25)26)17-8-10-18(27-3)11-9-17/h7-15H,1-6H3,(H,22,24)/t14-,15+/m0/s1. The minimum absolute atomic E-state index is 0.375. The minimum atomic E-state index is -3.71. The van der Waals surface area contributed by atoms with E-state index >= 15 is 0 Å². The molecule has 0 fully saturated rings. The first-order valence-electron chi connectivity index (χ1n) is 9.28. The molecule has 0 heterocycles. The summed E-state index contributed by atoms with van der Waals surface area (Å²) in [6, 6.07) is 10.5. The van der Waals surface area contributed by atoms with Gasteiger partial charge in [0.15, 0.2) is 11.5 Å². The molecular weight excluding hydrogens is 408 g/mol. The van der Waals surface area contributed by atoms with Crippen molar-refractivity contribution in [3.63, 3.8) is 0 Å². The highest BCUT2D eigenvalue weighted by molar-refractivity contribution is 7.92. The van der Waals surface area contributed by atoms with E-state index in [1.54, 1.807) is 50.4 Å². The predicted molar refractivity (Wildman–Crippen MR) is 116 cm³/mol. The highest BCUT2D eigenvalue weighted by Gasteiger charge is 2.30. The fourth-order valence-electron chi connectivity index (χ4n) is 3.08. The number of rotatable bonds is 9. The summed E-state index contributed by atoms with van der Waals surface area (Å²) in [7, 11) is 0.895. The van der Waals surface area contributed by atoms with Crippen LogP contribution in [-0.4, -0.2) is 48.0 Å². The van der Waals surface area contributed by atoms with Gasteiger partial charge < -0.3 is 19.5 Å². The number of hydrogen-bond acceptors (Lipinski definition) is 6. The maximum atomic E-state index is 12.9. The van der Waals surface area contributed by atoms with E-state index in [9.17, 15) is 13.2 Å². The number of carbonyl (C=O) groups is 1. The number of methoxy groups -OCH3 is 3. The Balaban J connectivity index is 2.24. The summed E-state index contributed by atoms with van der Waals surface area (Å²) in [5.41, 5.74) is 1.17. The lowest BCUT2D eigenvalue weighted by Crippen LogP contribution is -2.48. The third-order valence-electron chi connectivity index (χ3n) is 4.68. The number of ether oxygens (including phenoxy) is 3. The Morgan fingerprint density at radius 2 is 1.53 bits per heavy atom. The van der Waals surface area contributed by atoms with Crippen LogP contribution >= 0.6 is 0 Å². The van der Waals surface area contributed by atoms with Crippen LogP contribution in [0.5, 0.6) is 17.2 Å². The molecule has 2 rings (SSSR count). The van der Waals surface area contributed by atoms with Gasteiger partial charge in [-0.05, 0) is 55.8 Å². The molecule has 2 atom stereocenters. The van der Waals surface area contributed by atoms with E-state index in [1.165, 1.54) is 14.2 Å². The number of amides is 1. The summed E-state index contributed by atoms with van der Waals surface area (Å²) >= 11 is 0. The van der Waals surface area contributed by atoms with Crippen LogP contribution in [0.25, 0.3) is 0 Å². The van der Waals surface area contributed by atoms with Gasteiger partial charge in [-0.3, -0.25) is 9.10 Å². The molecule has 0 aliphatic heterocycles. The number of anilines is 1. The van der Waals surface area contributed by atoms with Gasteiger partial charge in [-0.2, -0.15) is 0 Å². The van der Waals surface area contributed by atoms with E-state index in [0.29, 0.717) is 22.9 Å². The number of benzene rings is 2. The van der Waals surface area contributed by atoms with E-state index in [2.05, 4.69) is 5.32 Å². The van der Waals surface area contributed by atoms with Crippen molar-refractivity contribution in [1.82, 2.24) is 5.32 Å². The minimum Gasteiger partial charge on any atom is -0.497 e. The lowest BCUT2D eigenvalue weighted by Gasteiger charge is -2.29. The number of hydrogen-bond donors (Lipinski definition) is 1. The smallest absolute Gasteiger partial charge is 0.244 e. The highest BCUT2D eigenvalue weighted by atomic mass is 32.2. The monoisotopic (exact) mass is 436 g/mol. The van der Waals surface area contributed by atoms with Crippen molar-refractivity contribution in [2.24, 2.45) is 0 Å². The Morgan fingerprint density at radius 1 is 0.933 bits per heavy atom. The Hall–Kier alpha value is -2.94. The molecule has 0 aliphatic carbocycles. The quantitative estimate of drug-likeness (QED) is 0.650. The Kier molecular flexibility index (Phi) is 7.55. The zero-order valence-electron chi connectivity index (χ0n) is 18.0. The zero-order valence-corrected chi connectivity index (χ0v) is 18.8. The first-order chi connectivity index (χ1) is 14.1. The van der Waals surface area contributed by atoms with Crippen molar-refractivity contribution in [3.05, 3.63) is 48.0 Å². The summed E-state index contributed by atoms with van der Waals surface area (Å²) in [4.78, 5) is 12.9. The van der Waals surface area contributed by atoms with Crippen molar-refractivity contribution in [3.8, 4) is 17.2 Å². The van der Waals surface area contributed by atoms with Crippen LogP contribution in [-0.2, 0) is 14.8 Å². The largest absolute Gasteiger partial charge is 0.497 e. The van der Waals surface area contributed by atoms with Crippen molar-refractivity contribution >= 4 is 21.6 Å². The fraction of sp³-hybridized carbons (Fsp3) is 0.381. The van der Waals surface area contributed by atoms with Crippen LogP contribution in [0.3, 0.4) is 0 Å². The van der Waals surface area contributed by atoms with Gasteiger partial charge in [0.2, 0.25) is 15.9 Å². The molecule has 30 heavy (non-hydrogen) atoms. The summed E-state index contributed by atoms with van der Waals surface area (Å²) in [6.07, 6.45) is 1.07. The van der Waals surface area contributed by atoms with Gasteiger partial charge in [-0.1, -0.05) is 6.07 Å². The average molecular weight is 437 g/mol. The SMILES string of the molecule is COc1ccc(N([C@H](C)C(=O)N[C@@H](C)c2ccc(OC)c(OC)c2)S(C)(=O)=O)cc1. The molecule has 1 N–H and O–H groups in total. The Morgan fingerprint density at radius 3 is 2.03 bits per heavy atom. The van der Waals surface area contributed by atoms with Gasteiger partial charge in [0.1, 0.15) is 11.8 Å². The average Bonchev–Trinajstić information content (AvgIpc) is 2.72. The second kappa shape index (κ2) is 9.71. The summed E-state index contributed by atoms with van der Waals surface area (Å²) in [5, 5.41) is 2.86. The summed E-state index contributed by atoms with van der Waals surface area (Å²) in [6.45, 7) is 3.35. The van der Waals surface area contributed by atoms with Gasteiger partial charge >= 0.3 is 0 Å². The van der Waals surface area contributed by atoms with E-state index in [4.69, 9.17) is 14.2 Å². The second-order valence-corrected chi connectivity index (χ2v) is 8.64. The lowest BCUT2D eigenvalue weighted by molar-refractivity contribution is -0.122. The van der Waals surface area contributed by atoms with Crippen LogP contribution in [0, 0.1) is 0 Å². The van der Waals surface area contributed by atoms with Crippen LogP contribution in [0.2, 0.25) is 0 Å². The van der Waals surface area contributed by atoms with Gasteiger partial charge in [0.25, 0.3) is 0 Å². The molecule has 0 spiro atoms. The van der Waals surface area contributed by atoms with Crippen molar-refractivity contribution in [2.75, 3.05) is 31.9 Å². The van der Waals surface area contributed by atoms with E-state index in [0.717, 1.165) is 16.1 Å². The molecule has 1 amide bonds. The highest BCUT2D eigenvalue weighted by Crippen LogP contribution is 2.30. The van der Waals surface area contributed by atoms with E-state index in [-0.39, 0.29) is 6.04 Å². The Labute approximate surface area is 177 Å². The molecule has 0 unspecified atom stereocenters. The predicted octanol–water partition coefficient (Wildman–Crippen LogP) is 2.74. The molecular formula is C21H28N2O6S. The van der Waals surface area contributed by atoms with Crippen molar-refractivity contribution in [1.29, 1.82) is 0 Å². The zero-order chi connectivity index (χ0) is 22.5. The van der Waals surface area contributed by atoms with Gasteiger partial charge in [0.05, 0.1) is 39.3 Å². The normalized spacial score (nSPS) is 13.1. The first-order valence-corrected chi connectivity index (χ1v) is 11.1. The third kappa shape index (κ3) is 5.35.